The Hall–Kier alpha value is -2.93. The number of carboxylic acid groups (broad SMARTS) is 1. The lowest BCUT2D eigenvalue weighted by atomic mass is 9.96. The third-order valence-electron chi connectivity index (χ3n) is 5.91. The molecule has 0 aromatic rings. The number of carboxylic acids is 1. The van der Waals surface area contributed by atoms with Gasteiger partial charge in [0.15, 0.2) is 5.96 Å². The molecule has 0 aliphatic heterocycles. The van der Waals surface area contributed by atoms with Crippen molar-refractivity contribution in [3.8, 4) is 0 Å². The van der Waals surface area contributed by atoms with Crippen molar-refractivity contribution in [2.75, 3.05) is 13.1 Å². The van der Waals surface area contributed by atoms with E-state index in [4.69, 9.17) is 22.9 Å². The largest absolute Gasteiger partial charge is 0.480 e. The molecular weight excluding hydrogens is 468 g/mol. The van der Waals surface area contributed by atoms with E-state index in [1.807, 2.05) is 6.92 Å². The van der Waals surface area contributed by atoms with Crippen LogP contribution >= 0.6 is 0 Å². The van der Waals surface area contributed by atoms with E-state index in [2.05, 4.69) is 20.9 Å². The van der Waals surface area contributed by atoms with Crippen LogP contribution in [-0.4, -0.2) is 72.0 Å². The zero-order valence-electron chi connectivity index (χ0n) is 22.0. The minimum Gasteiger partial charge on any atom is -0.480 e. The highest BCUT2D eigenvalue weighted by Crippen LogP contribution is 2.11. The molecular formula is C23H46N8O5. The summed E-state index contributed by atoms with van der Waals surface area (Å²) in [4.78, 5) is 54.3. The third kappa shape index (κ3) is 12.7. The lowest BCUT2D eigenvalue weighted by Crippen LogP contribution is -2.59. The summed E-state index contributed by atoms with van der Waals surface area (Å²) in [6.07, 6.45) is 2.93. The number of nitrogens with two attached hydrogens (primary N) is 4. The Morgan fingerprint density at radius 3 is 1.97 bits per heavy atom. The molecule has 12 N–H and O–H groups in total. The Kier molecular flexibility index (Phi) is 16.1. The predicted molar refractivity (Wildman–Crippen MR) is 139 cm³/mol. The number of aliphatic imine (C=N–C) groups is 1. The number of carbonyl (C=O) groups is 4. The van der Waals surface area contributed by atoms with Crippen molar-refractivity contribution in [2.45, 2.75) is 90.4 Å². The second-order valence-corrected chi connectivity index (χ2v) is 9.34. The van der Waals surface area contributed by atoms with Gasteiger partial charge in [0, 0.05) is 6.54 Å². The number of nitrogens with zero attached hydrogens (tertiary/aromatic N) is 1. The number of guanidine groups is 1. The molecule has 13 nitrogen and oxygen atoms in total. The van der Waals surface area contributed by atoms with Crippen molar-refractivity contribution in [2.24, 2.45) is 39.8 Å². The molecule has 0 spiro atoms. The smallest absolute Gasteiger partial charge is 0.326 e. The fourth-order valence-corrected chi connectivity index (χ4v) is 3.40. The zero-order valence-corrected chi connectivity index (χ0v) is 22.0. The number of rotatable bonds is 18. The lowest BCUT2D eigenvalue weighted by molar-refractivity contribution is -0.143. The van der Waals surface area contributed by atoms with Gasteiger partial charge in [-0.3, -0.25) is 19.4 Å². The van der Waals surface area contributed by atoms with E-state index in [0.717, 1.165) is 6.42 Å². The Labute approximate surface area is 213 Å². The normalized spacial score (nSPS) is 15.2. The standard InChI is InChI=1S/C23H46N8O5/c1-5-14(4)18(31-19(32)15(25)9-6-7-11-24)21(34)29-16(10-8-12-28-23(26)27)20(33)30-17(13(2)3)22(35)36/h13-18H,5-12,24-25H2,1-4H3,(H,29,34)(H,30,33)(H,31,32)(H,35,36)(H4,26,27,28). The minimum absolute atomic E-state index is 0.104. The van der Waals surface area contributed by atoms with Crippen LogP contribution in [0, 0.1) is 11.8 Å². The Morgan fingerprint density at radius 1 is 0.861 bits per heavy atom. The summed E-state index contributed by atoms with van der Waals surface area (Å²) in [6.45, 7) is 7.72. The molecule has 0 radical (unpaired) electrons. The maximum Gasteiger partial charge on any atom is 0.326 e. The molecule has 36 heavy (non-hydrogen) atoms. The van der Waals surface area contributed by atoms with E-state index in [1.54, 1.807) is 20.8 Å². The van der Waals surface area contributed by atoms with Crippen LogP contribution in [0.15, 0.2) is 4.99 Å². The van der Waals surface area contributed by atoms with E-state index >= 15 is 0 Å². The number of carbonyl (C=O) groups excluding carboxylic acids is 3. The molecule has 208 valence electrons. The monoisotopic (exact) mass is 514 g/mol. The van der Waals surface area contributed by atoms with Crippen LogP contribution in [-0.2, 0) is 19.2 Å². The molecule has 0 aliphatic rings. The fourth-order valence-electron chi connectivity index (χ4n) is 3.40. The van der Waals surface area contributed by atoms with Crippen molar-refractivity contribution < 1.29 is 24.3 Å². The lowest BCUT2D eigenvalue weighted by Gasteiger charge is -2.28. The summed E-state index contributed by atoms with van der Waals surface area (Å²) in [7, 11) is 0. The highest BCUT2D eigenvalue weighted by Gasteiger charge is 2.32. The molecule has 0 fully saturated rings. The van der Waals surface area contributed by atoms with E-state index in [9.17, 15) is 24.3 Å². The highest BCUT2D eigenvalue weighted by molar-refractivity contribution is 5.94. The van der Waals surface area contributed by atoms with Gasteiger partial charge in [-0.1, -0.05) is 40.5 Å². The van der Waals surface area contributed by atoms with Crippen molar-refractivity contribution in [1.82, 2.24) is 16.0 Å². The molecule has 0 aliphatic carbocycles. The summed E-state index contributed by atoms with van der Waals surface area (Å²) >= 11 is 0. The van der Waals surface area contributed by atoms with Crippen LogP contribution in [0.25, 0.3) is 0 Å². The van der Waals surface area contributed by atoms with Crippen molar-refractivity contribution in [3.05, 3.63) is 0 Å². The molecule has 3 amide bonds. The van der Waals surface area contributed by atoms with Gasteiger partial charge in [0.2, 0.25) is 17.7 Å². The third-order valence-corrected chi connectivity index (χ3v) is 5.91. The summed E-state index contributed by atoms with van der Waals surface area (Å²) in [5.74, 6) is -3.60. The Bertz CT molecular complexity index is 742. The first kappa shape index (κ1) is 33.1. The van der Waals surface area contributed by atoms with Crippen LogP contribution in [0.5, 0.6) is 0 Å². The van der Waals surface area contributed by atoms with Gasteiger partial charge in [-0.05, 0) is 44.1 Å². The van der Waals surface area contributed by atoms with Gasteiger partial charge in [-0.15, -0.1) is 0 Å². The number of aliphatic carboxylic acids is 1. The molecule has 0 saturated heterocycles. The average Bonchev–Trinajstić information content (AvgIpc) is 2.81. The topological polar surface area (TPSA) is 241 Å². The van der Waals surface area contributed by atoms with Crippen molar-refractivity contribution in [3.63, 3.8) is 0 Å². The first-order chi connectivity index (χ1) is 16.8. The summed E-state index contributed by atoms with van der Waals surface area (Å²) < 4.78 is 0. The molecule has 0 saturated carbocycles. The van der Waals surface area contributed by atoms with Gasteiger partial charge in [-0.25, -0.2) is 4.79 Å². The quantitative estimate of drug-likeness (QED) is 0.0617. The Balaban J connectivity index is 5.59. The molecule has 5 unspecified atom stereocenters. The molecule has 0 aromatic heterocycles. The number of hydrogen-bond acceptors (Lipinski definition) is 7. The van der Waals surface area contributed by atoms with E-state index in [-0.39, 0.29) is 30.8 Å². The minimum atomic E-state index is -1.18. The van der Waals surface area contributed by atoms with Crippen LogP contribution in [0.3, 0.4) is 0 Å². The molecule has 0 aromatic carbocycles. The molecule has 0 bridgehead atoms. The second kappa shape index (κ2) is 17.5. The van der Waals surface area contributed by atoms with Gasteiger partial charge in [-0.2, -0.15) is 0 Å². The van der Waals surface area contributed by atoms with Crippen molar-refractivity contribution >= 4 is 29.7 Å². The fraction of sp³-hybridized carbons (Fsp3) is 0.783. The maximum atomic E-state index is 13.2. The van der Waals surface area contributed by atoms with Gasteiger partial charge in [0.05, 0.1) is 6.04 Å². The van der Waals surface area contributed by atoms with E-state index in [1.165, 1.54) is 0 Å². The zero-order chi connectivity index (χ0) is 27.8. The summed E-state index contributed by atoms with van der Waals surface area (Å²) in [6, 6.07) is -3.92. The van der Waals surface area contributed by atoms with Gasteiger partial charge < -0.3 is 44.0 Å². The first-order valence-corrected chi connectivity index (χ1v) is 12.5. The molecule has 0 rings (SSSR count). The second-order valence-electron chi connectivity index (χ2n) is 9.34. The first-order valence-electron chi connectivity index (χ1n) is 12.5. The van der Waals surface area contributed by atoms with Gasteiger partial charge in [0.1, 0.15) is 18.1 Å². The summed E-state index contributed by atoms with van der Waals surface area (Å²) in [5.41, 5.74) is 22.1. The highest BCUT2D eigenvalue weighted by atomic mass is 16.4. The maximum absolute atomic E-state index is 13.2. The summed E-state index contributed by atoms with van der Waals surface area (Å²) in [5, 5.41) is 17.3. The number of unbranched alkanes of at least 4 members (excludes halogenated alkanes) is 1. The van der Waals surface area contributed by atoms with E-state index in [0.29, 0.717) is 32.2 Å². The number of hydrogen-bond donors (Lipinski definition) is 8. The van der Waals surface area contributed by atoms with Crippen LogP contribution in [0.4, 0.5) is 0 Å². The Morgan fingerprint density at radius 2 is 1.47 bits per heavy atom. The molecule has 5 atom stereocenters. The van der Waals surface area contributed by atoms with E-state index < -0.39 is 47.9 Å². The van der Waals surface area contributed by atoms with Gasteiger partial charge >= 0.3 is 5.97 Å². The van der Waals surface area contributed by atoms with Crippen LogP contribution in [0.1, 0.15) is 66.2 Å². The molecule has 0 heterocycles. The predicted octanol–water partition coefficient (Wildman–Crippen LogP) is -1.26. The van der Waals surface area contributed by atoms with Crippen LogP contribution in [0.2, 0.25) is 0 Å². The number of nitrogens with one attached hydrogen (secondary N) is 3. The SMILES string of the molecule is CCC(C)C(NC(=O)C(N)CCCCN)C(=O)NC(CCCN=C(N)N)C(=O)NC(C(=O)O)C(C)C. The van der Waals surface area contributed by atoms with Crippen molar-refractivity contribution in [1.29, 1.82) is 0 Å². The van der Waals surface area contributed by atoms with Crippen LogP contribution < -0.4 is 38.9 Å². The van der Waals surface area contributed by atoms with Gasteiger partial charge in [0.25, 0.3) is 0 Å². The number of amides is 3. The molecule has 13 heteroatoms. The average molecular weight is 515 g/mol.